The van der Waals surface area contributed by atoms with Crippen LogP contribution in [0.5, 0.6) is 0 Å². The number of carbonyl (C=O) groups is 1. The van der Waals surface area contributed by atoms with E-state index in [9.17, 15) is 4.79 Å². The largest absolute Gasteiger partial charge is 0.379 e. The number of carbonyl (C=O) groups excluding carboxylic acids is 1. The summed E-state index contributed by atoms with van der Waals surface area (Å²) < 4.78 is 13.4. The summed E-state index contributed by atoms with van der Waals surface area (Å²) in [4.78, 5) is 19.5. The van der Waals surface area contributed by atoms with E-state index in [1.54, 1.807) is 0 Å². The van der Waals surface area contributed by atoms with Crippen molar-refractivity contribution in [3.8, 4) is 0 Å². The quantitative estimate of drug-likeness (QED) is 0.661. The van der Waals surface area contributed by atoms with E-state index in [0.717, 1.165) is 68.8 Å². The molecule has 2 fully saturated rings. The molecule has 3 rings (SSSR count). The van der Waals surface area contributed by atoms with Crippen LogP contribution in [0.3, 0.4) is 0 Å². The molecule has 28 heavy (non-hydrogen) atoms. The summed E-state index contributed by atoms with van der Waals surface area (Å²) in [7, 11) is 0. The molecular weight excluding hydrogens is 376 g/mol. The molecule has 0 aromatic carbocycles. The zero-order valence-electron chi connectivity index (χ0n) is 17.6. The highest BCUT2D eigenvalue weighted by molar-refractivity contribution is 7.99. The van der Waals surface area contributed by atoms with Crippen LogP contribution in [-0.4, -0.2) is 77.2 Å². The summed E-state index contributed by atoms with van der Waals surface area (Å²) in [5, 5.41) is 4.01. The summed E-state index contributed by atoms with van der Waals surface area (Å²) in [6, 6.07) is 0. The molecule has 0 unspecified atom stereocenters. The maximum atomic E-state index is 12.5. The summed E-state index contributed by atoms with van der Waals surface area (Å²) in [6.07, 6.45) is 2.48. The fourth-order valence-corrected chi connectivity index (χ4v) is 4.65. The third-order valence-electron chi connectivity index (χ3n) is 5.75. The fraction of sp³-hybridized carbons (Fsp3) is 0.800. The van der Waals surface area contributed by atoms with Crippen molar-refractivity contribution in [2.24, 2.45) is 0 Å². The predicted molar refractivity (Wildman–Crippen MR) is 111 cm³/mol. The molecule has 0 spiro atoms. The number of aryl methyl sites for hydroxylation is 1. The lowest BCUT2D eigenvalue weighted by atomic mass is 10.0. The summed E-state index contributed by atoms with van der Waals surface area (Å²) in [5.74, 6) is 0.425. The Balaban J connectivity index is 1.50. The van der Waals surface area contributed by atoms with Crippen LogP contribution in [0.4, 0.5) is 0 Å². The standard InChI is InChI=1S/C20H34N4O3S/c1-15-16(2)24(12-17-6-5-9-27-17)19(22-15)28-13-18(25)21-14-20(3,4)23-7-10-26-11-8-23/h17H,5-14H2,1-4H3,(H,21,25)/t17-/m1/s1. The number of imidazole rings is 1. The molecule has 2 aliphatic rings. The van der Waals surface area contributed by atoms with Gasteiger partial charge in [-0.3, -0.25) is 9.69 Å². The van der Waals surface area contributed by atoms with Gasteiger partial charge in [-0.25, -0.2) is 4.98 Å². The number of hydrogen-bond acceptors (Lipinski definition) is 6. The number of aromatic nitrogens is 2. The van der Waals surface area contributed by atoms with Crippen LogP contribution in [-0.2, 0) is 20.8 Å². The minimum absolute atomic E-state index is 0.0494. The van der Waals surface area contributed by atoms with Gasteiger partial charge in [0.05, 0.1) is 37.3 Å². The molecule has 0 aliphatic carbocycles. The highest BCUT2D eigenvalue weighted by atomic mass is 32.2. The van der Waals surface area contributed by atoms with Gasteiger partial charge < -0.3 is 19.4 Å². The van der Waals surface area contributed by atoms with Gasteiger partial charge in [0.1, 0.15) is 0 Å². The third kappa shape index (κ3) is 5.49. The Morgan fingerprint density at radius 1 is 1.29 bits per heavy atom. The summed E-state index contributed by atoms with van der Waals surface area (Å²) in [5.41, 5.74) is 2.11. The average Bonchev–Trinajstić information content (AvgIpc) is 3.29. The van der Waals surface area contributed by atoms with E-state index in [2.05, 4.69) is 40.5 Å². The van der Waals surface area contributed by atoms with Crippen molar-refractivity contribution in [2.75, 3.05) is 45.2 Å². The molecule has 1 amide bonds. The van der Waals surface area contributed by atoms with E-state index < -0.39 is 0 Å². The van der Waals surface area contributed by atoms with Crippen molar-refractivity contribution >= 4 is 17.7 Å². The lowest BCUT2D eigenvalue weighted by Crippen LogP contribution is -2.55. The Morgan fingerprint density at radius 2 is 2.04 bits per heavy atom. The monoisotopic (exact) mass is 410 g/mol. The van der Waals surface area contributed by atoms with Gasteiger partial charge in [-0.1, -0.05) is 11.8 Å². The number of amides is 1. The highest BCUT2D eigenvalue weighted by Gasteiger charge is 2.28. The van der Waals surface area contributed by atoms with Gasteiger partial charge in [-0.15, -0.1) is 0 Å². The van der Waals surface area contributed by atoms with Crippen LogP contribution in [0.15, 0.2) is 5.16 Å². The topological polar surface area (TPSA) is 68.6 Å². The second kappa shape index (κ2) is 9.61. The molecule has 7 nitrogen and oxygen atoms in total. The number of morpholine rings is 1. The van der Waals surface area contributed by atoms with Gasteiger partial charge in [0.15, 0.2) is 5.16 Å². The summed E-state index contributed by atoms with van der Waals surface area (Å²) >= 11 is 1.51. The van der Waals surface area contributed by atoms with Gasteiger partial charge in [0, 0.05) is 37.5 Å². The molecule has 0 saturated carbocycles. The lowest BCUT2D eigenvalue weighted by molar-refractivity contribution is -0.119. The number of nitrogens with zero attached hydrogens (tertiary/aromatic N) is 3. The molecule has 2 saturated heterocycles. The van der Waals surface area contributed by atoms with Gasteiger partial charge in [0.2, 0.25) is 5.91 Å². The lowest BCUT2D eigenvalue weighted by Gasteiger charge is -2.40. The molecule has 8 heteroatoms. The van der Waals surface area contributed by atoms with Crippen LogP contribution in [0.2, 0.25) is 0 Å². The zero-order valence-corrected chi connectivity index (χ0v) is 18.4. The molecule has 3 heterocycles. The van der Waals surface area contributed by atoms with Gasteiger partial charge in [0.25, 0.3) is 0 Å². The van der Waals surface area contributed by atoms with E-state index in [0.29, 0.717) is 12.3 Å². The first-order valence-electron chi connectivity index (χ1n) is 10.2. The number of nitrogens with one attached hydrogen (secondary N) is 1. The number of rotatable bonds is 8. The van der Waals surface area contributed by atoms with Crippen LogP contribution < -0.4 is 5.32 Å². The van der Waals surface area contributed by atoms with E-state index >= 15 is 0 Å². The van der Waals surface area contributed by atoms with E-state index in [1.807, 2.05) is 6.92 Å². The molecule has 0 bridgehead atoms. The number of thioether (sulfide) groups is 1. The summed E-state index contributed by atoms with van der Waals surface area (Å²) in [6.45, 7) is 14.1. The van der Waals surface area contributed by atoms with Gasteiger partial charge in [-0.2, -0.15) is 0 Å². The number of hydrogen-bond donors (Lipinski definition) is 1. The Bertz CT molecular complexity index is 665. The minimum Gasteiger partial charge on any atom is -0.379 e. The van der Waals surface area contributed by atoms with Gasteiger partial charge >= 0.3 is 0 Å². The Kier molecular flexibility index (Phi) is 7.42. The van der Waals surface area contributed by atoms with Crippen molar-refractivity contribution in [3.63, 3.8) is 0 Å². The highest BCUT2D eigenvalue weighted by Crippen LogP contribution is 2.24. The maximum Gasteiger partial charge on any atom is 0.230 e. The minimum atomic E-state index is -0.0738. The second-order valence-electron chi connectivity index (χ2n) is 8.29. The van der Waals surface area contributed by atoms with Crippen molar-refractivity contribution < 1.29 is 14.3 Å². The third-order valence-corrected chi connectivity index (χ3v) is 6.73. The molecule has 2 aliphatic heterocycles. The van der Waals surface area contributed by atoms with Crippen molar-refractivity contribution in [3.05, 3.63) is 11.4 Å². The first-order chi connectivity index (χ1) is 13.4. The number of ether oxygens (including phenoxy) is 2. The first-order valence-corrected chi connectivity index (χ1v) is 11.2. The van der Waals surface area contributed by atoms with Crippen LogP contribution in [0, 0.1) is 13.8 Å². The van der Waals surface area contributed by atoms with Crippen LogP contribution in [0.1, 0.15) is 38.1 Å². The maximum absolute atomic E-state index is 12.5. The molecular formula is C20H34N4O3S. The first kappa shape index (κ1) is 21.6. The Hall–Kier alpha value is -1.09. The van der Waals surface area contributed by atoms with E-state index in [1.165, 1.54) is 11.8 Å². The van der Waals surface area contributed by atoms with Crippen molar-refractivity contribution in [1.82, 2.24) is 19.8 Å². The van der Waals surface area contributed by atoms with Crippen molar-refractivity contribution in [1.29, 1.82) is 0 Å². The SMILES string of the molecule is Cc1nc(SCC(=O)NCC(C)(C)N2CCOCC2)n(C[C@H]2CCCO2)c1C. The smallest absolute Gasteiger partial charge is 0.230 e. The zero-order chi connectivity index (χ0) is 20.1. The normalized spacial score (nSPS) is 21.2. The average molecular weight is 411 g/mol. The van der Waals surface area contributed by atoms with Crippen molar-refractivity contribution in [2.45, 2.75) is 63.9 Å². The second-order valence-corrected chi connectivity index (χ2v) is 9.23. The predicted octanol–water partition coefficient (Wildman–Crippen LogP) is 2.00. The van der Waals surface area contributed by atoms with E-state index in [4.69, 9.17) is 9.47 Å². The molecule has 1 atom stereocenters. The molecule has 1 aromatic heterocycles. The van der Waals surface area contributed by atoms with Gasteiger partial charge in [-0.05, 0) is 40.5 Å². The molecule has 158 valence electrons. The van der Waals surface area contributed by atoms with Crippen LogP contribution in [0.25, 0.3) is 0 Å². The fourth-order valence-electron chi connectivity index (χ4n) is 3.72. The Labute approximate surface area is 172 Å². The molecule has 0 radical (unpaired) electrons. The van der Waals surface area contributed by atoms with E-state index in [-0.39, 0.29) is 17.6 Å². The molecule has 1 aromatic rings. The van der Waals surface area contributed by atoms with Crippen LogP contribution >= 0.6 is 11.8 Å². The Morgan fingerprint density at radius 3 is 2.71 bits per heavy atom. The molecule has 1 N–H and O–H groups in total.